The van der Waals surface area contributed by atoms with E-state index in [0.29, 0.717) is 6.04 Å². The van der Waals surface area contributed by atoms with E-state index in [-0.39, 0.29) is 30.6 Å². The molecule has 2 aromatic heterocycles. The van der Waals surface area contributed by atoms with Crippen LogP contribution in [-0.4, -0.2) is 42.9 Å². The van der Waals surface area contributed by atoms with E-state index in [2.05, 4.69) is 27.7 Å². The van der Waals surface area contributed by atoms with Crippen LogP contribution >= 0.6 is 11.3 Å². The number of nitrogens with one attached hydrogen (secondary N) is 2. The number of hydrogen-bond acceptors (Lipinski definition) is 6. The number of benzene rings is 1. The topological polar surface area (TPSA) is 74.3 Å². The van der Waals surface area contributed by atoms with Crippen molar-refractivity contribution in [3.8, 4) is 0 Å². The van der Waals surface area contributed by atoms with E-state index in [1.54, 1.807) is 0 Å². The van der Waals surface area contributed by atoms with Crippen molar-refractivity contribution in [2.45, 2.75) is 50.6 Å². The number of rotatable bonds is 8. The van der Waals surface area contributed by atoms with Crippen LogP contribution in [0.5, 0.6) is 0 Å². The highest BCUT2D eigenvalue weighted by molar-refractivity contribution is 7.12. The van der Waals surface area contributed by atoms with Crippen molar-refractivity contribution in [1.29, 1.82) is 0 Å². The number of thiophene rings is 1. The van der Waals surface area contributed by atoms with E-state index in [4.69, 9.17) is 4.98 Å². The number of aromatic nitrogens is 1. The summed E-state index contributed by atoms with van der Waals surface area (Å²) in [7, 11) is 4.10. The third kappa shape index (κ3) is 5.46. The summed E-state index contributed by atoms with van der Waals surface area (Å²) in [5.74, 6) is 0.910. The molecule has 7 heteroatoms. The number of fused-ring (bicyclic) bond motifs is 1. The quantitative estimate of drug-likeness (QED) is 0.479. The van der Waals surface area contributed by atoms with Crippen molar-refractivity contribution in [3.05, 3.63) is 52.7 Å². The number of carbonyl (C=O) groups is 2. The van der Waals surface area contributed by atoms with Crippen LogP contribution in [0.2, 0.25) is 0 Å². The number of pyridine rings is 1. The molecule has 0 saturated heterocycles. The molecule has 0 radical (unpaired) electrons. The van der Waals surface area contributed by atoms with Gasteiger partial charge in [-0.3, -0.25) is 9.59 Å². The smallest absolute Gasteiger partial charge is 0.220 e. The molecule has 2 N–H and O–H groups in total. The van der Waals surface area contributed by atoms with E-state index >= 15 is 0 Å². The zero-order valence-electron chi connectivity index (χ0n) is 18.6. The molecule has 6 nitrogen and oxygen atoms in total. The van der Waals surface area contributed by atoms with Crippen molar-refractivity contribution in [1.82, 2.24) is 10.3 Å². The Bertz CT molecular complexity index is 1070. The second-order valence-corrected chi connectivity index (χ2v) is 9.55. The van der Waals surface area contributed by atoms with Gasteiger partial charge in [-0.15, -0.1) is 11.3 Å². The summed E-state index contributed by atoms with van der Waals surface area (Å²) in [6.07, 6.45) is 4.33. The van der Waals surface area contributed by atoms with Crippen molar-refractivity contribution in [2.75, 3.05) is 24.3 Å². The zero-order valence-corrected chi connectivity index (χ0v) is 19.5. The molecule has 168 valence electrons. The number of hydrogen-bond donors (Lipinski definition) is 2. The molecule has 0 unspecified atom stereocenters. The molecule has 1 aliphatic rings. The van der Waals surface area contributed by atoms with Gasteiger partial charge >= 0.3 is 0 Å². The summed E-state index contributed by atoms with van der Waals surface area (Å²) in [6.45, 7) is 0. The normalized spacial score (nSPS) is 18.3. The summed E-state index contributed by atoms with van der Waals surface area (Å²) < 4.78 is 0. The van der Waals surface area contributed by atoms with Crippen LogP contribution < -0.4 is 15.5 Å². The maximum atomic E-state index is 12.3. The summed E-state index contributed by atoms with van der Waals surface area (Å²) in [5, 5.41) is 9.75. The lowest BCUT2D eigenvalue weighted by Crippen LogP contribution is -2.40. The highest BCUT2D eigenvalue weighted by atomic mass is 32.1. The fourth-order valence-corrected chi connectivity index (χ4v) is 4.97. The van der Waals surface area contributed by atoms with Crippen LogP contribution in [0.3, 0.4) is 0 Å². The van der Waals surface area contributed by atoms with E-state index in [1.165, 1.54) is 11.3 Å². The number of anilines is 2. The van der Waals surface area contributed by atoms with E-state index in [1.807, 2.05) is 49.8 Å². The Labute approximate surface area is 193 Å². The SMILES string of the molecule is CN(C)c1cc(NC2CCC(NC(=O)CCC(=O)c3cccs3)CC2)nc2ccccc12. The molecule has 1 aliphatic carbocycles. The van der Waals surface area contributed by atoms with Gasteiger partial charge in [0, 0.05) is 56.2 Å². The first-order chi connectivity index (χ1) is 15.5. The second-order valence-electron chi connectivity index (χ2n) is 8.60. The Morgan fingerprint density at radius 1 is 1.03 bits per heavy atom. The summed E-state index contributed by atoms with van der Waals surface area (Å²) in [6, 6.07) is 14.5. The Balaban J connectivity index is 1.27. The second kappa shape index (κ2) is 10.1. The highest BCUT2D eigenvalue weighted by Crippen LogP contribution is 2.29. The summed E-state index contributed by atoms with van der Waals surface area (Å²) in [4.78, 5) is 32.0. The molecular formula is C25H30N4O2S. The monoisotopic (exact) mass is 450 g/mol. The van der Waals surface area contributed by atoms with Gasteiger partial charge in [-0.1, -0.05) is 24.3 Å². The largest absolute Gasteiger partial charge is 0.377 e. The molecule has 0 atom stereocenters. The third-order valence-electron chi connectivity index (χ3n) is 6.00. The van der Waals surface area contributed by atoms with Gasteiger partial charge in [0.05, 0.1) is 10.4 Å². The number of amides is 1. The van der Waals surface area contributed by atoms with Crippen molar-refractivity contribution >= 4 is 45.4 Å². The Morgan fingerprint density at radius 3 is 2.50 bits per heavy atom. The molecule has 1 amide bonds. The minimum Gasteiger partial charge on any atom is -0.377 e. The van der Waals surface area contributed by atoms with Crippen LogP contribution in [0.1, 0.15) is 48.2 Å². The van der Waals surface area contributed by atoms with Gasteiger partial charge in [0.1, 0.15) is 5.82 Å². The first-order valence-electron chi connectivity index (χ1n) is 11.2. The fraction of sp³-hybridized carbons (Fsp3) is 0.400. The Kier molecular flexibility index (Phi) is 7.05. The van der Waals surface area contributed by atoms with E-state index in [0.717, 1.165) is 53.0 Å². The van der Waals surface area contributed by atoms with Crippen LogP contribution in [-0.2, 0) is 4.79 Å². The minimum absolute atomic E-state index is 0.0295. The van der Waals surface area contributed by atoms with Crippen LogP contribution in [0.25, 0.3) is 10.9 Å². The number of para-hydroxylation sites is 1. The maximum absolute atomic E-state index is 12.3. The lowest BCUT2D eigenvalue weighted by molar-refractivity contribution is -0.122. The Morgan fingerprint density at radius 2 is 1.78 bits per heavy atom. The third-order valence-corrected chi connectivity index (χ3v) is 6.91. The van der Waals surface area contributed by atoms with Gasteiger partial charge in [-0.25, -0.2) is 4.98 Å². The molecule has 32 heavy (non-hydrogen) atoms. The predicted molar refractivity (Wildman–Crippen MR) is 132 cm³/mol. The standard InChI is InChI=1S/C25H30N4O2S/c1-29(2)21-16-24(28-20-7-4-3-6-19(20)21)26-17-9-11-18(12-10-17)27-25(31)14-13-22(30)23-8-5-15-32-23/h3-8,15-18H,9-14H2,1-2H3,(H,26,28)(H,27,31). The van der Waals surface area contributed by atoms with Crippen LogP contribution in [0.15, 0.2) is 47.8 Å². The number of ketones is 1. The fourth-order valence-electron chi connectivity index (χ4n) is 4.28. The van der Waals surface area contributed by atoms with Crippen molar-refractivity contribution < 1.29 is 9.59 Å². The van der Waals surface area contributed by atoms with E-state index < -0.39 is 0 Å². The minimum atomic E-state index is -0.0295. The highest BCUT2D eigenvalue weighted by Gasteiger charge is 2.23. The summed E-state index contributed by atoms with van der Waals surface area (Å²) >= 11 is 1.43. The van der Waals surface area contributed by atoms with Gasteiger partial charge in [0.25, 0.3) is 0 Å². The van der Waals surface area contributed by atoms with E-state index in [9.17, 15) is 9.59 Å². The number of nitrogens with zero attached hydrogens (tertiary/aromatic N) is 2. The molecule has 1 saturated carbocycles. The van der Waals surface area contributed by atoms with Gasteiger partial charge in [-0.2, -0.15) is 0 Å². The molecule has 3 aromatic rings. The summed E-state index contributed by atoms with van der Waals surface area (Å²) in [5.41, 5.74) is 2.13. The van der Waals surface area contributed by atoms with Gasteiger partial charge < -0.3 is 15.5 Å². The van der Waals surface area contributed by atoms with Crippen molar-refractivity contribution in [2.24, 2.45) is 0 Å². The zero-order chi connectivity index (χ0) is 22.5. The molecule has 4 rings (SSSR count). The van der Waals surface area contributed by atoms with Crippen LogP contribution in [0.4, 0.5) is 11.5 Å². The molecule has 0 bridgehead atoms. The van der Waals surface area contributed by atoms with Gasteiger partial charge in [0.2, 0.25) is 5.91 Å². The molecule has 2 heterocycles. The first-order valence-corrected chi connectivity index (χ1v) is 12.1. The molecule has 1 fully saturated rings. The lowest BCUT2D eigenvalue weighted by Gasteiger charge is -2.30. The predicted octanol–water partition coefficient (Wildman–Crippen LogP) is 4.86. The molecule has 0 aliphatic heterocycles. The molecule has 1 aromatic carbocycles. The van der Waals surface area contributed by atoms with Crippen molar-refractivity contribution in [3.63, 3.8) is 0 Å². The lowest BCUT2D eigenvalue weighted by atomic mass is 9.91. The molecular weight excluding hydrogens is 420 g/mol. The van der Waals surface area contributed by atoms with Gasteiger partial charge in [0.15, 0.2) is 5.78 Å². The Hall–Kier alpha value is -2.93. The van der Waals surface area contributed by atoms with Gasteiger partial charge in [-0.05, 0) is 43.2 Å². The number of Topliss-reactive ketones (excluding diaryl/α,β-unsaturated/α-hetero) is 1. The average molecular weight is 451 g/mol. The first kappa shape index (κ1) is 22.3. The number of carbonyl (C=O) groups excluding carboxylic acids is 2. The maximum Gasteiger partial charge on any atom is 0.220 e. The molecule has 0 spiro atoms. The van der Waals surface area contributed by atoms with Crippen LogP contribution in [0, 0.1) is 0 Å². The average Bonchev–Trinajstić information content (AvgIpc) is 3.33.